The van der Waals surface area contributed by atoms with Crippen LogP contribution < -0.4 is 5.32 Å². The molecule has 0 aliphatic rings. The minimum atomic E-state index is 0.382. The van der Waals surface area contributed by atoms with Gasteiger partial charge >= 0.3 is 0 Å². The Morgan fingerprint density at radius 3 is 2.67 bits per heavy atom. The molecule has 0 saturated heterocycles. The molecule has 2 aromatic heterocycles. The summed E-state index contributed by atoms with van der Waals surface area (Å²) in [6, 6.07) is 10.8. The minimum absolute atomic E-state index is 0.382. The Hall–Kier alpha value is -2.14. The largest absolute Gasteiger partial charge is 0.314 e. The second-order valence-corrected chi connectivity index (χ2v) is 5.53. The lowest BCUT2D eigenvalue weighted by atomic mass is 10.2. The fraction of sp³-hybridized carbons (Fsp3) is 0.375. The van der Waals surface area contributed by atoms with E-state index in [9.17, 15) is 0 Å². The van der Waals surface area contributed by atoms with Crippen LogP contribution in [0.1, 0.15) is 31.3 Å². The number of aromatic nitrogens is 4. The number of rotatable bonds is 5. The van der Waals surface area contributed by atoms with Crippen molar-refractivity contribution < 1.29 is 0 Å². The maximum Gasteiger partial charge on any atom is 0.0857 e. The van der Waals surface area contributed by atoms with Gasteiger partial charge in [0.15, 0.2) is 0 Å². The van der Waals surface area contributed by atoms with Crippen molar-refractivity contribution in [1.82, 2.24) is 24.9 Å². The summed E-state index contributed by atoms with van der Waals surface area (Å²) >= 11 is 0. The molecule has 0 amide bonds. The molecule has 5 heteroatoms. The third kappa shape index (κ3) is 2.69. The third-order valence-corrected chi connectivity index (χ3v) is 3.58. The second-order valence-electron chi connectivity index (χ2n) is 5.53. The van der Waals surface area contributed by atoms with E-state index in [1.165, 1.54) is 5.39 Å². The number of nitrogens with zero attached hydrogens (tertiary/aromatic N) is 4. The van der Waals surface area contributed by atoms with E-state index in [-0.39, 0.29) is 0 Å². The molecule has 0 saturated carbocycles. The average molecular weight is 283 g/mol. The summed E-state index contributed by atoms with van der Waals surface area (Å²) in [5.41, 5.74) is 3.27. The minimum Gasteiger partial charge on any atom is -0.314 e. The molecule has 0 aliphatic carbocycles. The zero-order valence-electron chi connectivity index (χ0n) is 12.7. The van der Waals surface area contributed by atoms with Crippen molar-refractivity contribution in [1.29, 1.82) is 0 Å². The first-order valence-electron chi connectivity index (χ1n) is 7.32. The molecule has 0 aliphatic heterocycles. The topological polar surface area (TPSA) is 47.7 Å². The van der Waals surface area contributed by atoms with Crippen molar-refractivity contribution in [3.8, 4) is 0 Å². The van der Waals surface area contributed by atoms with Crippen molar-refractivity contribution in [2.24, 2.45) is 0 Å². The fourth-order valence-corrected chi connectivity index (χ4v) is 2.52. The van der Waals surface area contributed by atoms with Crippen LogP contribution in [0.25, 0.3) is 10.9 Å². The van der Waals surface area contributed by atoms with Crippen LogP contribution >= 0.6 is 0 Å². The molecule has 2 heterocycles. The SMILES string of the molecule is CNCc1nn(Cc2ccn(C(C)C)n2)c2ccccc12. The van der Waals surface area contributed by atoms with E-state index in [1.807, 2.05) is 22.6 Å². The van der Waals surface area contributed by atoms with E-state index in [1.54, 1.807) is 0 Å². The normalized spacial score (nSPS) is 11.6. The summed E-state index contributed by atoms with van der Waals surface area (Å²) in [4.78, 5) is 0. The van der Waals surface area contributed by atoms with Crippen LogP contribution in [-0.2, 0) is 13.1 Å². The molecule has 1 N–H and O–H groups in total. The number of hydrogen-bond donors (Lipinski definition) is 1. The Morgan fingerprint density at radius 2 is 1.95 bits per heavy atom. The Bertz CT molecular complexity index is 738. The van der Waals surface area contributed by atoms with Gasteiger partial charge in [-0.3, -0.25) is 9.36 Å². The van der Waals surface area contributed by atoms with Crippen LogP contribution in [0.5, 0.6) is 0 Å². The lowest BCUT2D eigenvalue weighted by Gasteiger charge is -2.04. The molecule has 3 aromatic rings. The maximum absolute atomic E-state index is 4.73. The molecule has 0 fully saturated rings. The first kappa shape index (κ1) is 13.8. The zero-order chi connectivity index (χ0) is 14.8. The first-order valence-corrected chi connectivity index (χ1v) is 7.32. The van der Waals surface area contributed by atoms with E-state index in [0.29, 0.717) is 12.6 Å². The molecule has 0 spiro atoms. The molecule has 0 bridgehead atoms. The summed E-state index contributed by atoms with van der Waals surface area (Å²) < 4.78 is 4.02. The van der Waals surface area contributed by atoms with E-state index in [2.05, 4.69) is 54.6 Å². The summed E-state index contributed by atoms with van der Waals surface area (Å²) in [5.74, 6) is 0. The van der Waals surface area contributed by atoms with Gasteiger partial charge in [0.2, 0.25) is 0 Å². The highest BCUT2D eigenvalue weighted by molar-refractivity contribution is 5.82. The highest BCUT2D eigenvalue weighted by atomic mass is 15.3. The predicted molar refractivity (Wildman–Crippen MR) is 84.2 cm³/mol. The quantitative estimate of drug-likeness (QED) is 0.783. The van der Waals surface area contributed by atoms with Crippen LogP contribution in [0.3, 0.4) is 0 Å². The van der Waals surface area contributed by atoms with Gasteiger partial charge in [0.25, 0.3) is 0 Å². The van der Waals surface area contributed by atoms with Gasteiger partial charge in [-0.05, 0) is 33.0 Å². The van der Waals surface area contributed by atoms with Gasteiger partial charge in [-0.1, -0.05) is 18.2 Å². The van der Waals surface area contributed by atoms with Crippen LogP contribution in [0, 0.1) is 0 Å². The highest BCUT2D eigenvalue weighted by Crippen LogP contribution is 2.19. The Kier molecular flexibility index (Phi) is 3.75. The van der Waals surface area contributed by atoms with Gasteiger partial charge in [0, 0.05) is 24.2 Å². The highest BCUT2D eigenvalue weighted by Gasteiger charge is 2.11. The lowest BCUT2D eigenvalue weighted by Crippen LogP contribution is -2.08. The van der Waals surface area contributed by atoms with Crippen LogP contribution in [-0.4, -0.2) is 26.6 Å². The van der Waals surface area contributed by atoms with E-state index >= 15 is 0 Å². The summed E-state index contributed by atoms with van der Waals surface area (Å²) in [7, 11) is 1.94. The van der Waals surface area contributed by atoms with Gasteiger partial charge in [-0.25, -0.2) is 0 Å². The molecular formula is C16H21N5. The number of fused-ring (bicyclic) bond motifs is 1. The summed E-state index contributed by atoms with van der Waals surface area (Å²) in [5, 5.41) is 13.7. The number of benzene rings is 1. The molecule has 110 valence electrons. The summed E-state index contributed by atoms with van der Waals surface area (Å²) in [6.07, 6.45) is 2.03. The van der Waals surface area contributed by atoms with Crippen molar-refractivity contribution in [3.05, 3.63) is 47.9 Å². The molecule has 21 heavy (non-hydrogen) atoms. The lowest BCUT2D eigenvalue weighted by molar-refractivity contribution is 0.521. The van der Waals surface area contributed by atoms with Crippen molar-refractivity contribution in [3.63, 3.8) is 0 Å². The molecule has 0 atom stereocenters. The van der Waals surface area contributed by atoms with E-state index in [4.69, 9.17) is 5.10 Å². The zero-order valence-corrected chi connectivity index (χ0v) is 12.7. The van der Waals surface area contributed by atoms with Crippen molar-refractivity contribution >= 4 is 10.9 Å². The Labute approximate surface area is 124 Å². The van der Waals surface area contributed by atoms with Crippen LogP contribution in [0.4, 0.5) is 0 Å². The van der Waals surface area contributed by atoms with E-state index in [0.717, 1.165) is 23.4 Å². The molecule has 0 unspecified atom stereocenters. The van der Waals surface area contributed by atoms with Crippen molar-refractivity contribution in [2.45, 2.75) is 33.0 Å². The number of hydrogen-bond acceptors (Lipinski definition) is 3. The van der Waals surface area contributed by atoms with Gasteiger partial charge in [0.05, 0.1) is 23.4 Å². The molecule has 0 radical (unpaired) electrons. The second kappa shape index (κ2) is 5.69. The average Bonchev–Trinajstić information content (AvgIpc) is 3.07. The van der Waals surface area contributed by atoms with E-state index < -0.39 is 0 Å². The fourth-order valence-electron chi connectivity index (χ4n) is 2.52. The van der Waals surface area contributed by atoms with Gasteiger partial charge < -0.3 is 5.32 Å². The smallest absolute Gasteiger partial charge is 0.0857 e. The van der Waals surface area contributed by atoms with Crippen LogP contribution in [0.15, 0.2) is 36.5 Å². The summed E-state index contributed by atoms with van der Waals surface area (Å²) in [6.45, 7) is 5.73. The predicted octanol–water partition coefficient (Wildman–Crippen LogP) is 2.58. The number of para-hydroxylation sites is 1. The molecule has 1 aromatic carbocycles. The van der Waals surface area contributed by atoms with Gasteiger partial charge in [-0.15, -0.1) is 0 Å². The van der Waals surface area contributed by atoms with Gasteiger partial charge in [-0.2, -0.15) is 10.2 Å². The van der Waals surface area contributed by atoms with Gasteiger partial charge in [0.1, 0.15) is 0 Å². The maximum atomic E-state index is 4.73. The Balaban J connectivity index is 1.96. The number of nitrogens with one attached hydrogen (secondary N) is 1. The van der Waals surface area contributed by atoms with Crippen LogP contribution in [0.2, 0.25) is 0 Å². The molecule has 3 rings (SSSR count). The standard InChI is InChI=1S/C16H21N5/c1-12(2)20-9-8-13(18-20)11-21-16-7-5-4-6-14(16)15(19-21)10-17-3/h4-9,12,17H,10-11H2,1-3H3. The third-order valence-electron chi connectivity index (χ3n) is 3.58. The molecular weight excluding hydrogens is 262 g/mol. The Morgan fingerprint density at radius 1 is 1.14 bits per heavy atom. The first-order chi connectivity index (χ1) is 10.2. The van der Waals surface area contributed by atoms with Crippen molar-refractivity contribution in [2.75, 3.05) is 7.05 Å². The monoisotopic (exact) mass is 283 g/mol. The molecule has 5 nitrogen and oxygen atoms in total.